The number of fused-ring (bicyclic) bond motifs is 6. The van der Waals surface area contributed by atoms with Crippen molar-refractivity contribution in [2.45, 2.75) is 76.0 Å². The largest absolute Gasteiger partial charge is 0.310 e. The van der Waals surface area contributed by atoms with E-state index in [-0.39, 0.29) is 21.7 Å². The van der Waals surface area contributed by atoms with Crippen LogP contribution in [0, 0.1) is 0 Å². The minimum Gasteiger partial charge on any atom is -0.310 e. The predicted octanol–water partition coefficient (Wildman–Crippen LogP) is 20.3. The van der Waals surface area contributed by atoms with Crippen molar-refractivity contribution in [3.63, 3.8) is 0 Å². The van der Waals surface area contributed by atoms with Crippen molar-refractivity contribution in [1.29, 1.82) is 0 Å². The maximum absolute atomic E-state index is 2.43. The van der Waals surface area contributed by atoms with E-state index in [0.717, 1.165) is 47.0 Å². The lowest BCUT2D eigenvalue weighted by Crippen LogP contribution is -2.29. The maximum atomic E-state index is 2.43. The first-order valence-corrected chi connectivity index (χ1v) is 28.5. The van der Waals surface area contributed by atoms with Gasteiger partial charge in [-0.25, -0.2) is 0 Å². The second-order valence-electron chi connectivity index (χ2n) is 23.8. The van der Waals surface area contributed by atoms with Crippen molar-refractivity contribution in [2.75, 3.05) is 9.80 Å². The van der Waals surface area contributed by atoms with E-state index < -0.39 is 0 Å². The molecule has 2 aliphatic carbocycles. The first kappa shape index (κ1) is 50.5. The molecule has 2 heteroatoms. The number of rotatable bonds is 14. The Labute approximate surface area is 474 Å². The predicted molar refractivity (Wildman–Crippen MR) is 337 cm³/mol. The van der Waals surface area contributed by atoms with Gasteiger partial charge in [0.1, 0.15) is 0 Å². The molecule has 2 atom stereocenters. The molecule has 11 aromatic carbocycles. The molecule has 0 N–H and O–H groups in total. The lowest BCUT2D eigenvalue weighted by Gasteiger charge is -2.35. The summed E-state index contributed by atoms with van der Waals surface area (Å²) in [7, 11) is 0. The van der Waals surface area contributed by atoms with Crippen LogP contribution >= 0.6 is 0 Å². The Morgan fingerprint density at radius 3 is 0.875 bits per heavy atom. The third-order valence-corrected chi connectivity index (χ3v) is 18.2. The summed E-state index contributed by atoms with van der Waals surface area (Å²) >= 11 is 0. The number of benzene rings is 11. The molecule has 0 aromatic heterocycles. The van der Waals surface area contributed by atoms with E-state index in [1.165, 1.54) is 77.9 Å². The van der Waals surface area contributed by atoms with Crippen molar-refractivity contribution < 1.29 is 0 Å². The molecule has 0 aliphatic heterocycles. The lowest BCUT2D eigenvalue weighted by atomic mass is 9.69. The summed E-state index contributed by atoms with van der Waals surface area (Å²) < 4.78 is 0. The Morgan fingerprint density at radius 1 is 0.263 bits per heavy atom. The van der Waals surface area contributed by atoms with Gasteiger partial charge >= 0.3 is 0 Å². The zero-order chi connectivity index (χ0) is 54.6. The SMILES string of the molecule is CC1(C)c2ccccc2-c2ccc(N(c3ccccc3)c3ccc(C(C)(Cc4ccccc4)c4ccc(C(C)(Cc5ccccc5)c5ccc(N(c6ccccc6)c6ccc7c(c6)C(C)(C)c6ccccc6-7)cc5)cc4)cc3)cc21. The van der Waals surface area contributed by atoms with Crippen LogP contribution in [-0.2, 0) is 34.5 Å². The number of nitrogens with zero attached hydrogens (tertiary/aromatic N) is 2. The van der Waals surface area contributed by atoms with Crippen molar-refractivity contribution in [3.05, 3.63) is 335 Å². The van der Waals surface area contributed by atoms with Gasteiger partial charge in [0.05, 0.1) is 0 Å². The summed E-state index contributed by atoms with van der Waals surface area (Å²) in [6.07, 6.45) is 1.70. The van der Waals surface area contributed by atoms with Gasteiger partial charge in [0.2, 0.25) is 0 Å². The summed E-state index contributed by atoms with van der Waals surface area (Å²) in [5, 5.41) is 0. The molecule has 0 amide bonds. The smallest absolute Gasteiger partial charge is 0.0465 e. The van der Waals surface area contributed by atoms with Crippen LogP contribution in [0.2, 0.25) is 0 Å². The number of anilines is 6. The van der Waals surface area contributed by atoms with Gasteiger partial charge < -0.3 is 9.80 Å². The third kappa shape index (κ3) is 8.75. The van der Waals surface area contributed by atoms with Crippen molar-refractivity contribution >= 4 is 34.1 Å². The lowest BCUT2D eigenvalue weighted by molar-refractivity contribution is 0.556. The van der Waals surface area contributed by atoms with Crippen molar-refractivity contribution in [1.82, 2.24) is 0 Å². The van der Waals surface area contributed by atoms with Crippen LogP contribution < -0.4 is 9.80 Å². The van der Waals surface area contributed by atoms with Gasteiger partial charge in [-0.05, 0) is 164 Å². The molecule has 2 aliphatic rings. The number of hydrogen-bond donors (Lipinski definition) is 0. The normalized spacial score (nSPS) is 14.9. The molecular formula is C78H68N2. The zero-order valence-electron chi connectivity index (χ0n) is 46.9. The summed E-state index contributed by atoms with van der Waals surface area (Å²) in [5.74, 6) is 0. The fourth-order valence-electron chi connectivity index (χ4n) is 13.6. The van der Waals surface area contributed by atoms with Crippen LogP contribution in [0.3, 0.4) is 0 Å². The molecule has 2 nitrogen and oxygen atoms in total. The maximum Gasteiger partial charge on any atom is 0.0465 e. The summed E-state index contributed by atoms with van der Waals surface area (Å²) in [4.78, 5) is 4.83. The topological polar surface area (TPSA) is 6.48 Å². The van der Waals surface area contributed by atoms with Crippen LogP contribution in [0.5, 0.6) is 0 Å². The molecule has 11 aromatic rings. The highest BCUT2D eigenvalue weighted by molar-refractivity contribution is 5.87. The van der Waals surface area contributed by atoms with E-state index in [1.54, 1.807) is 0 Å². The van der Waals surface area contributed by atoms with E-state index in [2.05, 4.69) is 330 Å². The van der Waals surface area contributed by atoms with Crippen molar-refractivity contribution in [2.24, 2.45) is 0 Å². The molecule has 0 bridgehead atoms. The fraction of sp³-hybridized carbons (Fsp3) is 0.154. The van der Waals surface area contributed by atoms with Crippen LogP contribution in [0.4, 0.5) is 34.1 Å². The third-order valence-electron chi connectivity index (χ3n) is 18.2. The molecule has 0 spiro atoms. The second kappa shape index (κ2) is 20.0. The molecule has 390 valence electrons. The highest BCUT2D eigenvalue weighted by atomic mass is 15.1. The molecule has 2 unspecified atom stereocenters. The highest BCUT2D eigenvalue weighted by Gasteiger charge is 2.38. The molecule has 0 fully saturated rings. The Hall–Kier alpha value is -8.98. The molecule has 13 rings (SSSR count). The monoisotopic (exact) mass is 1030 g/mol. The molecule has 0 radical (unpaired) electrons. The number of para-hydroxylation sites is 2. The van der Waals surface area contributed by atoms with Gasteiger partial charge in [-0.1, -0.05) is 248 Å². The van der Waals surface area contributed by atoms with E-state index >= 15 is 0 Å². The van der Waals surface area contributed by atoms with E-state index in [9.17, 15) is 0 Å². The van der Waals surface area contributed by atoms with Crippen molar-refractivity contribution in [3.8, 4) is 22.3 Å². The highest BCUT2D eigenvalue weighted by Crippen LogP contribution is 2.53. The Kier molecular flexibility index (Phi) is 12.7. The standard InChI is InChI=1S/C78H68N2/c1-75(2)71-33-21-19-31-67(71)69-49-47-65(51-73(69)75)79(61-27-15-9-16-28-61)63-43-39-59(40-44-63)77(5,53-55-23-11-7-12-24-55)57-35-37-58(38-36-57)78(6,54-56-25-13-8-14-26-56)60-41-45-64(46-42-60)80(62-29-17-10-18-30-62)66-48-50-70-68-32-20-22-34-72(68)76(3,4)74(70)52-66/h7-52H,53-54H2,1-6H3. The van der Waals surface area contributed by atoms with E-state index in [1.807, 2.05) is 0 Å². The van der Waals surface area contributed by atoms with Crippen LogP contribution in [0.1, 0.15) is 97.2 Å². The number of hydrogen-bond acceptors (Lipinski definition) is 2. The molecule has 0 heterocycles. The van der Waals surface area contributed by atoms with Crippen LogP contribution in [0.15, 0.2) is 279 Å². The fourth-order valence-corrected chi connectivity index (χ4v) is 13.6. The summed E-state index contributed by atoms with van der Waals surface area (Å²) in [6, 6.07) is 104. The zero-order valence-corrected chi connectivity index (χ0v) is 46.9. The molecular weight excluding hydrogens is 965 g/mol. The van der Waals surface area contributed by atoms with E-state index in [0.29, 0.717) is 0 Å². The Morgan fingerprint density at radius 2 is 0.525 bits per heavy atom. The average Bonchev–Trinajstić information content (AvgIpc) is 4.12. The van der Waals surface area contributed by atoms with Gasteiger partial charge in [-0.3, -0.25) is 0 Å². The Balaban J connectivity index is 0.858. The van der Waals surface area contributed by atoms with Crippen LogP contribution in [0.25, 0.3) is 22.3 Å². The first-order chi connectivity index (χ1) is 38.9. The van der Waals surface area contributed by atoms with E-state index in [4.69, 9.17) is 0 Å². The summed E-state index contributed by atoms with van der Waals surface area (Å²) in [5.41, 5.74) is 24.5. The Bertz CT molecular complexity index is 3730. The summed E-state index contributed by atoms with van der Waals surface area (Å²) in [6.45, 7) is 14.3. The van der Waals surface area contributed by atoms with Crippen LogP contribution in [-0.4, -0.2) is 0 Å². The van der Waals surface area contributed by atoms with Gasteiger partial charge in [-0.15, -0.1) is 0 Å². The molecule has 0 saturated heterocycles. The van der Waals surface area contributed by atoms with Gasteiger partial charge in [0, 0.05) is 55.8 Å². The minimum atomic E-state index is -0.340. The minimum absolute atomic E-state index is 0.104. The second-order valence-corrected chi connectivity index (χ2v) is 23.8. The molecule has 80 heavy (non-hydrogen) atoms. The average molecular weight is 1030 g/mol. The van der Waals surface area contributed by atoms with Gasteiger partial charge in [0.25, 0.3) is 0 Å². The van der Waals surface area contributed by atoms with Gasteiger partial charge in [0.15, 0.2) is 0 Å². The van der Waals surface area contributed by atoms with Gasteiger partial charge in [-0.2, -0.15) is 0 Å². The molecule has 0 saturated carbocycles. The first-order valence-electron chi connectivity index (χ1n) is 28.5. The quantitative estimate of drug-likeness (QED) is 0.107.